The number of benzene rings is 2. The summed E-state index contributed by atoms with van der Waals surface area (Å²) in [4.78, 5) is 26.4. The maximum atomic E-state index is 12.4. The van der Waals surface area contributed by atoms with Crippen LogP contribution in [-0.2, 0) is 4.79 Å². The highest BCUT2D eigenvalue weighted by atomic mass is 35.5. The Morgan fingerprint density at radius 2 is 1.73 bits per heavy atom. The van der Waals surface area contributed by atoms with Gasteiger partial charge in [-0.1, -0.05) is 53.5 Å². The lowest BCUT2D eigenvalue weighted by Gasteiger charge is -2.32. The smallest absolute Gasteiger partial charge is 0.253 e. The van der Waals surface area contributed by atoms with Crippen molar-refractivity contribution in [2.24, 2.45) is 0 Å². The van der Waals surface area contributed by atoms with Crippen molar-refractivity contribution in [3.63, 3.8) is 0 Å². The molecule has 1 saturated heterocycles. The zero-order valence-electron chi connectivity index (χ0n) is 14.3. The van der Waals surface area contributed by atoms with Crippen LogP contribution in [0, 0.1) is 0 Å². The maximum absolute atomic E-state index is 12.4. The van der Waals surface area contributed by atoms with Gasteiger partial charge in [-0.05, 0) is 42.5 Å². The number of amides is 2. The number of carbonyl (C=O) groups excluding carboxylic acids is 2. The van der Waals surface area contributed by atoms with Crippen LogP contribution in [0.2, 0.25) is 10.0 Å². The van der Waals surface area contributed by atoms with Crippen LogP contribution in [0.1, 0.15) is 34.7 Å². The van der Waals surface area contributed by atoms with Gasteiger partial charge < -0.3 is 10.2 Å². The SMILES string of the molecule is O=C(NCC(=O)N1CCC(c2ccccc2)CC1)c1ccc(Cl)cc1Cl. The normalized spacial score (nSPS) is 14.9. The number of carbonyl (C=O) groups is 2. The molecule has 0 saturated carbocycles. The van der Waals surface area contributed by atoms with Crippen molar-refractivity contribution in [1.29, 1.82) is 0 Å². The van der Waals surface area contributed by atoms with Gasteiger partial charge in [0.05, 0.1) is 17.1 Å². The van der Waals surface area contributed by atoms with E-state index in [9.17, 15) is 9.59 Å². The van der Waals surface area contributed by atoms with E-state index in [1.165, 1.54) is 11.6 Å². The second-order valence-electron chi connectivity index (χ2n) is 6.37. The molecule has 0 radical (unpaired) electrons. The third-order valence-corrected chi connectivity index (χ3v) is 5.24. The van der Waals surface area contributed by atoms with E-state index in [1.54, 1.807) is 12.1 Å². The number of likely N-dealkylation sites (tertiary alicyclic amines) is 1. The lowest BCUT2D eigenvalue weighted by Crippen LogP contribution is -2.43. The summed E-state index contributed by atoms with van der Waals surface area (Å²) >= 11 is 11.9. The number of halogens is 2. The summed E-state index contributed by atoms with van der Waals surface area (Å²) < 4.78 is 0. The molecular weight excluding hydrogens is 371 g/mol. The first-order valence-corrected chi connectivity index (χ1v) is 9.36. The Balaban J connectivity index is 1.49. The first kappa shape index (κ1) is 18.7. The van der Waals surface area contributed by atoms with Crippen molar-refractivity contribution in [3.8, 4) is 0 Å². The molecule has 1 heterocycles. The fourth-order valence-electron chi connectivity index (χ4n) is 3.22. The van der Waals surface area contributed by atoms with Gasteiger partial charge in [0.2, 0.25) is 5.91 Å². The number of hydrogen-bond acceptors (Lipinski definition) is 2. The van der Waals surface area contributed by atoms with E-state index in [-0.39, 0.29) is 23.4 Å². The van der Waals surface area contributed by atoms with Gasteiger partial charge in [-0.25, -0.2) is 0 Å². The first-order chi connectivity index (χ1) is 12.5. The van der Waals surface area contributed by atoms with Gasteiger partial charge in [0, 0.05) is 18.1 Å². The molecule has 1 aliphatic rings. The molecule has 1 N–H and O–H groups in total. The van der Waals surface area contributed by atoms with Crippen LogP contribution in [0.25, 0.3) is 0 Å². The zero-order chi connectivity index (χ0) is 18.5. The molecule has 0 atom stereocenters. The molecule has 0 bridgehead atoms. The Morgan fingerprint density at radius 3 is 2.38 bits per heavy atom. The molecule has 0 unspecified atom stereocenters. The van der Waals surface area contributed by atoms with Crippen LogP contribution in [0.4, 0.5) is 0 Å². The van der Waals surface area contributed by atoms with Crippen molar-refractivity contribution in [3.05, 3.63) is 69.7 Å². The summed E-state index contributed by atoms with van der Waals surface area (Å²) in [6, 6.07) is 15.0. The van der Waals surface area contributed by atoms with Gasteiger partial charge in [0.1, 0.15) is 0 Å². The van der Waals surface area contributed by atoms with E-state index in [0.717, 1.165) is 12.8 Å². The van der Waals surface area contributed by atoms with Gasteiger partial charge in [-0.15, -0.1) is 0 Å². The molecule has 6 heteroatoms. The minimum absolute atomic E-state index is 0.0339. The number of hydrogen-bond donors (Lipinski definition) is 1. The number of nitrogens with zero attached hydrogens (tertiary/aromatic N) is 1. The number of nitrogens with one attached hydrogen (secondary N) is 1. The maximum Gasteiger partial charge on any atom is 0.253 e. The average Bonchev–Trinajstić information content (AvgIpc) is 2.66. The van der Waals surface area contributed by atoms with Crippen LogP contribution in [0.3, 0.4) is 0 Å². The van der Waals surface area contributed by atoms with Crippen LogP contribution in [0.5, 0.6) is 0 Å². The molecule has 0 aromatic heterocycles. The standard InChI is InChI=1S/C20H20Cl2N2O2/c21-16-6-7-17(18(22)12-16)20(26)23-13-19(25)24-10-8-15(9-11-24)14-4-2-1-3-5-14/h1-7,12,15H,8-11,13H2,(H,23,26). The second-order valence-corrected chi connectivity index (χ2v) is 7.22. The monoisotopic (exact) mass is 390 g/mol. The zero-order valence-corrected chi connectivity index (χ0v) is 15.8. The van der Waals surface area contributed by atoms with E-state index in [2.05, 4.69) is 17.4 Å². The highest BCUT2D eigenvalue weighted by molar-refractivity contribution is 6.36. The Morgan fingerprint density at radius 1 is 1.04 bits per heavy atom. The Labute approximate surface area is 163 Å². The van der Waals surface area contributed by atoms with Crippen LogP contribution >= 0.6 is 23.2 Å². The predicted octanol–water partition coefficient (Wildman–Crippen LogP) is 4.13. The molecule has 136 valence electrons. The van der Waals surface area contributed by atoms with Crippen molar-refractivity contribution < 1.29 is 9.59 Å². The molecule has 2 amide bonds. The van der Waals surface area contributed by atoms with Crippen LogP contribution in [0.15, 0.2) is 48.5 Å². The third-order valence-electron chi connectivity index (χ3n) is 4.69. The molecular formula is C20H20Cl2N2O2. The molecule has 3 rings (SSSR count). The Hall–Kier alpha value is -2.04. The highest BCUT2D eigenvalue weighted by Gasteiger charge is 2.24. The fraction of sp³-hybridized carbons (Fsp3) is 0.300. The van der Waals surface area contributed by atoms with Crippen LogP contribution in [-0.4, -0.2) is 36.3 Å². The van der Waals surface area contributed by atoms with E-state index >= 15 is 0 Å². The summed E-state index contributed by atoms with van der Waals surface area (Å²) in [6.45, 7) is 1.37. The first-order valence-electron chi connectivity index (χ1n) is 8.60. The van der Waals surface area contributed by atoms with Gasteiger partial charge in [0.15, 0.2) is 0 Å². The average molecular weight is 391 g/mol. The molecule has 2 aromatic rings. The highest BCUT2D eigenvalue weighted by Crippen LogP contribution is 2.27. The summed E-state index contributed by atoms with van der Waals surface area (Å²) in [5, 5.41) is 3.37. The Kier molecular flexibility index (Phi) is 6.17. The topological polar surface area (TPSA) is 49.4 Å². The van der Waals surface area contributed by atoms with Gasteiger partial charge in [0.25, 0.3) is 5.91 Å². The molecule has 0 aliphatic carbocycles. The Bertz CT molecular complexity index is 788. The number of rotatable bonds is 4. The molecule has 4 nitrogen and oxygen atoms in total. The van der Waals surface area contributed by atoms with Gasteiger partial charge >= 0.3 is 0 Å². The van der Waals surface area contributed by atoms with Crippen molar-refractivity contribution in [1.82, 2.24) is 10.2 Å². The summed E-state index contributed by atoms with van der Waals surface area (Å²) in [6.07, 6.45) is 1.87. The molecule has 2 aromatic carbocycles. The predicted molar refractivity (Wildman–Crippen MR) is 104 cm³/mol. The van der Waals surface area contributed by atoms with Crippen LogP contribution < -0.4 is 5.32 Å². The minimum atomic E-state index is -0.376. The molecule has 0 spiro atoms. The lowest BCUT2D eigenvalue weighted by atomic mass is 9.89. The van der Waals surface area contributed by atoms with Gasteiger partial charge in [-0.3, -0.25) is 9.59 Å². The quantitative estimate of drug-likeness (QED) is 0.852. The summed E-state index contributed by atoms with van der Waals surface area (Å²) in [7, 11) is 0. The lowest BCUT2D eigenvalue weighted by molar-refractivity contribution is -0.131. The molecule has 1 fully saturated rings. The van der Waals surface area contributed by atoms with E-state index < -0.39 is 0 Å². The van der Waals surface area contributed by atoms with E-state index in [1.807, 2.05) is 23.1 Å². The van der Waals surface area contributed by atoms with E-state index in [0.29, 0.717) is 29.6 Å². The molecule has 1 aliphatic heterocycles. The van der Waals surface area contributed by atoms with Crippen molar-refractivity contribution in [2.75, 3.05) is 19.6 Å². The largest absolute Gasteiger partial charge is 0.343 e. The molecule has 26 heavy (non-hydrogen) atoms. The van der Waals surface area contributed by atoms with Crippen molar-refractivity contribution in [2.45, 2.75) is 18.8 Å². The third kappa shape index (κ3) is 4.57. The van der Waals surface area contributed by atoms with Crippen molar-refractivity contribution >= 4 is 35.0 Å². The number of piperidine rings is 1. The summed E-state index contributed by atoms with van der Waals surface area (Å²) in [5.74, 6) is 0.0388. The second kappa shape index (κ2) is 8.56. The van der Waals surface area contributed by atoms with Gasteiger partial charge in [-0.2, -0.15) is 0 Å². The fourth-order valence-corrected chi connectivity index (χ4v) is 3.72. The summed E-state index contributed by atoms with van der Waals surface area (Å²) in [5.41, 5.74) is 1.64. The van der Waals surface area contributed by atoms with E-state index in [4.69, 9.17) is 23.2 Å². The minimum Gasteiger partial charge on any atom is -0.343 e.